The first-order chi connectivity index (χ1) is 8.58. The Hall–Kier alpha value is -1.97. The van der Waals surface area contributed by atoms with Crippen LogP contribution in [0.25, 0.3) is 0 Å². The van der Waals surface area contributed by atoms with Gasteiger partial charge < -0.3 is 4.57 Å². The number of halogens is 1. The Morgan fingerprint density at radius 2 is 2.22 bits per heavy atom. The van der Waals surface area contributed by atoms with Crippen molar-refractivity contribution in [3.63, 3.8) is 0 Å². The second-order valence-corrected chi connectivity index (χ2v) is 4.34. The lowest BCUT2D eigenvalue weighted by molar-refractivity contribution is 0.0981. The number of hydrogen-bond donors (Lipinski definition) is 0. The molecule has 0 amide bonds. The normalized spacial score (nSPS) is 10.6. The summed E-state index contributed by atoms with van der Waals surface area (Å²) in [7, 11) is 1.90. The second kappa shape index (κ2) is 5.12. The third-order valence-corrected chi connectivity index (χ3v) is 2.99. The molecule has 0 bridgehead atoms. The minimum absolute atomic E-state index is 0.0236. The highest BCUT2D eigenvalue weighted by atomic mass is 19.1. The molecule has 0 spiro atoms. The molecule has 0 N–H and O–H groups in total. The third kappa shape index (κ3) is 2.64. The first-order valence-electron chi connectivity index (χ1n) is 5.83. The Labute approximate surface area is 105 Å². The van der Waals surface area contributed by atoms with E-state index >= 15 is 0 Å². The molecule has 4 heteroatoms. The highest BCUT2D eigenvalue weighted by Crippen LogP contribution is 2.13. The number of imidazole rings is 1. The van der Waals surface area contributed by atoms with Gasteiger partial charge in [0.05, 0.1) is 0 Å². The van der Waals surface area contributed by atoms with Gasteiger partial charge in [0, 0.05) is 37.8 Å². The van der Waals surface area contributed by atoms with E-state index in [1.54, 1.807) is 19.2 Å². The summed E-state index contributed by atoms with van der Waals surface area (Å²) in [6.07, 6.45) is 4.54. The Morgan fingerprint density at radius 3 is 2.83 bits per heavy atom. The molecular weight excluding hydrogens is 231 g/mol. The Bertz CT molecular complexity index is 575. The smallest absolute Gasteiger partial charge is 0.163 e. The number of aryl methyl sites for hydroxylation is 3. The summed E-state index contributed by atoms with van der Waals surface area (Å²) in [6, 6.07) is 4.25. The van der Waals surface area contributed by atoms with E-state index in [2.05, 4.69) is 4.98 Å². The molecule has 0 saturated heterocycles. The number of benzene rings is 1. The Morgan fingerprint density at radius 1 is 1.44 bits per heavy atom. The van der Waals surface area contributed by atoms with Crippen LogP contribution in [-0.2, 0) is 13.5 Å². The van der Waals surface area contributed by atoms with Crippen LogP contribution in [0, 0.1) is 12.7 Å². The fourth-order valence-corrected chi connectivity index (χ4v) is 1.94. The summed E-state index contributed by atoms with van der Waals surface area (Å²) in [6.45, 7) is 1.75. The number of aromatic nitrogens is 2. The SMILES string of the molecule is Cc1cc(F)ccc1C(=O)CCc1nccn1C. The number of Topliss-reactive ketones (excluding diaryl/α,β-unsaturated/α-hetero) is 1. The highest BCUT2D eigenvalue weighted by molar-refractivity contribution is 5.97. The zero-order valence-corrected chi connectivity index (χ0v) is 10.5. The van der Waals surface area contributed by atoms with Gasteiger partial charge in [0.1, 0.15) is 11.6 Å². The maximum Gasteiger partial charge on any atom is 0.163 e. The van der Waals surface area contributed by atoms with Gasteiger partial charge in [-0.15, -0.1) is 0 Å². The molecule has 0 radical (unpaired) electrons. The standard InChI is InChI=1S/C14H15FN2O/c1-10-9-11(15)3-4-12(10)13(18)5-6-14-16-7-8-17(14)2/h3-4,7-9H,5-6H2,1-2H3. The molecular formula is C14H15FN2O. The molecule has 0 aliphatic rings. The fraction of sp³-hybridized carbons (Fsp3) is 0.286. The van der Waals surface area contributed by atoms with Gasteiger partial charge in [-0.05, 0) is 30.7 Å². The van der Waals surface area contributed by atoms with Gasteiger partial charge in [-0.2, -0.15) is 0 Å². The van der Waals surface area contributed by atoms with E-state index in [-0.39, 0.29) is 11.6 Å². The summed E-state index contributed by atoms with van der Waals surface area (Å²) in [5.74, 6) is 0.590. The van der Waals surface area contributed by atoms with E-state index in [0.29, 0.717) is 24.0 Å². The first-order valence-corrected chi connectivity index (χ1v) is 5.83. The zero-order valence-electron chi connectivity index (χ0n) is 10.5. The highest BCUT2D eigenvalue weighted by Gasteiger charge is 2.11. The summed E-state index contributed by atoms with van der Waals surface area (Å²) in [5.41, 5.74) is 1.27. The fourth-order valence-electron chi connectivity index (χ4n) is 1.94. The quantitative estimate of drug-likeness (QED) is 0.777. The molecule has 1 heterocycles. The second-order valence-electron chi connectivity index (χ2n) is 4.34. The molecule has 1 aromatic carbocycles. The Kier molecular flexibility index (Phi) is 3.55. The van der Waals surface area contributed by atoms with E-state index < -0.39 is 0 Å². The monoisotopic (exact) mass is 246 g/mol. The van der Waals surface area contributed by atoms with Crippen molar-refractivity contribution in [3.8, 4) is 0 Å². The van der Waals surface area contributed by atoms with Gasteiger partial charge in [0.25, 0.3) is 0 Å². The van der Waals surface area contributed by atoms with Gasteiger partial charge in [-0.1, -0.05) is 0 Å². The molecule has 3 nitrogen and oxygen atoms in total. The van der Waals surface area contributed by atoms with Crippen molar-refractivity contribution in [1.82, 2.24) is 9.55 Å². The summed E-state index contributed by atoms with van der Waals surface area (Å²) < 4.78 is 14.8. The van der Waals surface area contributed by atoms with Crippen molar-refractivity contribution in [2.75, 3.05) is 0 Å². The van der Waals surface area contributed by atoms with Gasteiger partial charge >= 0.3 is 0 Å². The van der Waals surface area contributed by atoms with E-state index in [1.807, 2.05) is 17.8 Å². The molecule has 2 aromatic rings. The number of carbonyl (C=O) groups is 1. The summed E-state index contributed by atoms with van der Waals surface area (Å²) in [5, 5.41) is 0. The Balaban J connectivity index is 2.06. The molecule has 18 heavy (non-hydrogen) atoms. The van der Waals surface area contributed by atoms with Crippen LogP contribution >= 0.6 is 0 Å². The van der Waals surface area contributed by atoms with Crippen LogP contribution in [-0.4, -0.2) is 15.3 Å². The van der Waals surface area contributed by atoms with Crippen LogP contribution < -0.4 is 0 Å². The zero-order chi connectivity index (χ0) is 13.1. The van der Waals surface area contributed by atoms with Gasteiger partial charge in [-0.3, -0.25) is 4.79 Å². The van der Waals surface area contributed by atoms with E-state index in [4.69, 9.17) is 0 Å². The van der Waals surface area contributed by atoms with Gasteiger partial charge in [0.2, 0.25) is 0 Å². The lowest BCUT2D eigenvalue weighted by atomic mass is 10.0. The van der Waals surface area contributed by atoms with E-state index in [0.717, 1.165) is 5.82 Å². The summed E-state index contributed by atoms with van der Waals surface area (Å²) in [4.78, 5) is 16.2. The minimum atomic E-state index is -0.312. The van der Waals surface area contributed by atoms with Crippen molar-refractivity contribution >= 4 is 5.78 Å². The number of carbonyl (C=O) groups excluding carboxylic acids is 1. The van der Waals surface area contributed by atoms with Crippen molar-refractivity contribution in [2.45, 2.75) is 19.8 Å². The predicted octanol–water partition coefficient (Wildman–Crippen LogP) is 2.68. The van der Waals surface area contributed by atoms with Crippen LogP contribution in [0.4, 0.5) is 4.39 Å². The molecule has 1 aromatic heterocycles. The molecule has 0 aliphatic carbocycles. The van der Waals surface area contributed by atoms with E-state index in [1.165, 1.54) is 12.1 Å². The number of rotatable bonds is 4. The predicted molar refractivity (Wildman–Crippen MR) is 67.0 cm³/mol. The third-order valence-electron chi connectivity index (χ3n) is 2.99. The van der Waals surface area contributed by atoms with Crippen LogP contribution in [0.3, 0.4) is 0 Å². The van der Waals surface area contributed by atoms with Gasteiger partial charge in [0.15, 0.2) is 5.78 Å². The van der Waals surface area contributed by atoms with Crippen molar-refractivity contribution in [1.29, 1.82) is 0 Å². The van der Waals surface area contributed by atoms with Crippen LogP contribution in [0.2, 0.25) is 0 Å². The van der Waals surface area contributed by atoms with E-state index in [9.17, 15) is 9.18 Å². The lowest BCUT2D eigenvalue weighted by Gasteiger charge is -2.05. The molecule has 0 unspecified atom stereocenters. The maximum atomic E-state index is 12.9. The molecule has 0 saturated carbocycles. The first kappa shape index (κ1) is 12.5. The maximum absolute atomic E-state index is 12.9. The largest absolute Gasteiger partial charge is 0.338 e. The minimum Gasteiger partial charge on any atom is -0.338 e. The number of ketones is 1. The van der Waals surface area contributed by atoms with Crippen molar-refractivity contribution in [2.24, 2.45) is 7.05 Å². The lowest BCUT2D eigenvalue weighted by Crippen LogP contribution is -2.06. The number of hydrogen-bond acceptors (Lipinski definition) is 2. The molecule has 0 fully saturated rings. The average Bonchev–Trinajstić information content (AvgIpc) is 2.72. The molecule has 2 rings (SSSR count). The number of nitrogens with zero attached hydrogens (tertiary/aromatic N) is 2. The van der Waals surface area contributed by atoms with Crippen molar-refractivity contribution in [3.05, 3.63) is 53.4 Å². The van der Waals surface area contributed by atoms with Gasteiger partial charge in [-0.25, -0.2) is 9.37 Å². The van der Waals surface area contributed by atoms with Crippen LogP contribution in [0.5, 0.6) is 0 Å². The molecule has 0 aliphatic heterocycles. The van der Waals surface area contributed by atoms with Crippen molar-refractivity contribution < 1.29 is 9.18 Å². The van der Waals surface area contributed by atoms with Crippen LogP contribution in [0.1, 0.15) is 28.2 Å². The topological polar surface area (TPSA) is 34.9 Å². The molecule has 0 atom stereocenters. The summed E-state index contributed by atoms with van der Waals surface area (Å²) >= 11 is 0. The average molecular weight is 246 g/mol. The van der Waals surface area contributed by atoms with Crippen LogP contribution in [0.15, 0.2) is 30.6 Å². The molecule has 94 valence electrons.